The number of aromatic nitrogens is 2. The van der Waals surface area contributed by atoms with Crippen molar-refractivity contribution in [2.45, 2.75) is 46.1 Å². The number of nitrogens with one attached hydrogen (secondary N) is 2. The highest BCUT2D eigenvalue weighted by molar-refractivity contribution is 5.90. The smallest absolute Gasteiger partial charge is 0.292 e. The van der Waals surface area contributed by atoms with Crippen molar-refractivity contribution in [2.24, 2.45) is 5.41 Å². The third-order valence-corrected chi connectivity index (χ3v) is 3.16. The Morgan fingerprint density at radius 1 is 1.53 bits per heavy atom. The summed E-state index contributed by atoms with van der Waals surface area (Å²) in [5.74, 6) is 0.369. The van der Waals surface area contributed by atoms with Crippen LogP contribution in [-0.2, 0) is 0 Å². The normalized spacial score (nSPS) is 19.6. The SMILES string of the molecule is CC(C)(C)CCNC(=O)c1noc(C2CCCN2)n1. The molecule has 0 radical (unpaired) electrons. The van der Waals surface area contributed by atoms with Gasteiger partial charge in [0.1, 0.15) is 0 Å². The molecule has 106 valence electrons. The average molecular weight is 266 g/mol. The van der Waals surface area contributed by atoms with E-state index in [9.17, 15) is 4.79 Å². The first-order chi connectivity index (χ1) is 8.96. The van der Waals surface area contributed by atoms with Gasteiger partial charge in [0, 0.05) is 6.54 Å². The maximum Gasteiger partial charge on any atom is 0.292 e. The van der Waals surface area contributed by atoms with Crippen LogP contribution in [0.15, 0.2) is 4.52 Å². The van der Waals surface area contributed by atoms with E-state index in [1.807, 2.05) is 0 Å². The summed E-state index contributed by atoms with van der Waals surface area (Å²) in [4.78, 5) is 16.0. The van der Waals surface area contributed by atoms with Gasteiger partial charge in [-0.2, -0.15) is 4.98 Å². The highest BCUT2D eigenvalue weighted by atomic mass is 16.5. The van der Waals surface area contributed by atoms with E-state index in [1.165, 1.54) is 0 Å². The Kier molecular flexibility index (Phi) is 4.19. The van der Waals surface area contributed by atoms with Gasteiger partial charge in [-0.05, 0) is 31.2 Å². The Morgan fingerprint density at radius 3 is 2.95 bits per heavy atom. The lowest BCUT2D eigenvalue weighted by Gasteiger charge is -2.17. The van der Waals surface area contributed by atoms with Gasteiger partial charge in [-0.1, -0.05) is 25.9 Å². The summed E-state index contributed by atoms with van der Waals surface area (Å²) in [5.41, 5.74) is 0.198. The lowest BCUT2D eigenvalue weighted by molar-refractivity contribution is 0.0936. The molecule has 1 amide bonds. The molecular weight excluding hydrogens is 244 g/mol. The van der Waals surface area contributed by atoms with Gasteiger partial charge >= 0.3 is 0 Å². The molecule has 0 bridgehead atoms. The quantitative estimate of drug-likeness (QED) is 0.866. The summed E-state index contributed by atoms with van der Waals surface area (Å²) in [6.45, 7) is 7.99. The van der Waals surface area contributed by atoms with E-state index in [2.05, 4.69) is 41.5 Å². The van der Waals surface area contributed by atoms with Crippen LogP contribution in [-0.4, -0.2) is 29.1 Å². The van der Waals surface area contributed by atoms with Gasteiger partial charge in [-0.25, -0.2) is 0 Å². The van der Waals surface area contributed by atoms with Crippen LogP contribution < -0.4 is 10.6 Å². The Bertz CT molecular complexity index is 430. The van der Waals surface area contributed by atoms with E-state index < -0.39 is 0 Å². The van der Waals surface area contributed by atoms with E-state index in [0.29, 0.717) is 12.4 Å². The minimum Gasteiger partial charge on any atom is -0.349 e. The standard InChI is InChI=1S/C13H22N4O2/c1-13(2,3)6-8-15-11(18)10-16-12(19-17-10)9-5-4-7-14-9/h9,14H,4-8H2,1-3H3,(H,15,18). The fourth-order valence-corrected chi connectivity index (χ4v) is 1.99. The van der Waals surface area contributed by atoms with Crippen LogP contribution in [0.5, 0.6) is 0 Å². The number of hydrogen-bond acceptors (Lipinski definition) is 5. The molecule has 0 saturated carbocycles. The molecule has 1 saturated heterocycles. The first kappa shape index (κ1) is 14.0. The second-order valence-electron chi connectivity index (χ2n) is 6.17. The first-order valence-electron chi connectivity index (χ1n) is 6.81. The Labute approximate surface area is 113 Å². The third-order valence-electron chi connectivity index (χ3n) is 3.16. The summed E-state index contributed by atoms with van der Waals surface area (Å²) in [6, 6.07) is 0.101. The molecule has 1 aliphatic rings. The maximum absolute atomic E-state index is 11.8. The molecule has 2 rings (SSSR count). The Balaban J connectivity index is 1.85. The van der Waals surface area contributed by atoms with E-state index in [4.69, 9.17) is 4.52 Å². The predicted molar refractivity (Wildman–Crippen MR) is 70.7 cm³/mol. The predicted octanol–water partition coefficient (Wildman–Crippen LogP) is 1.66. The number of amides is 1. The van der Waals surface area contributed by atoms with Crippen LogP contribution in [0.4, 0.5) is 0 Å². The highest BCUT2D eigenvalue weighted by Crippen LogP contribution is 2.21. The van der Waals surface area contributed by atoms with Gasteiger partial charge in [-0.15, -0.1) is 0 Å². The number of hydrogen-bond donors (Lipinski definition) is 2. The van der Waals surface area contributed by atoms with E-state index in [-0.39, 0.29) is 23.2 Å². The van der Waals surface area contributed by atoms with Gasteiger partial charge in [-0.3, -0.25) is 4.79 Å². The minimum atomic E-state index is -0.266. The maximum atomic E-state index is 11.8. The summed E-state index contributed by atoms with van der Waals surface area (Å²) in [5, 5.41) is 9.81. The first-order valence-corrected chi connectivity index (χ1v) is 6.81. The lowest BCUT2D eigenvalue weighted by atomic mass is 9.92. The van der Waals surface area contributed by atoms with E-state index in [0.717, 1.165) is 25.8 Å². The van der Waals surface area contributed by atoms with Crippen LogP contribution >= 0.6 is 0 Å². The van der Waals surface area contributed by atoms with Crippen LogP contribution in [0.25, 0.3) is 0 Å². The zero-order valence-electron chi connectivity index (χ0n) is 11.8. The zero-order chi connectivity index (χ0) is 13.9. The number of rotatable bonds is 4. The molecule has 0 spiro atoms. The van der Waals surface area contributed by atoms with Gasteiger partial charge in [0.25, 0.3) is 11.7 Å². The lowest BCUT2D eigenvalue weighted by Crippen LogP contribution is -2.28. The third kappa shape index (κ3) is 4.02. The second kappa shape index (κ2) is 5.69. The molecule has 1 aliphatic heterocycles. The Morgan fingerprint density at radius 2 is 2.32 bits per heavy atom. The van der Waals surface area contributed by atoms with Crippen molar-refractivity contribution >= 4 is 5.91 Å². The molecule has 1 aromatic rings. The molecule has 1 unspecified atom stereocenters. The minimum absolute atomic E-state index is 0.101. The van der Waals surface area contributed by atoms with Crippen LogP contribution in [0.3, 0.4) is 0 Å². The number of nitrogens with zero attached hydrogens (tertiary/aromatic N) is 2. The molecule has 6 nitrogen and oxygen atoms in total. The summed E-state index contributed by atoms with van der Waals surface area (Å²) in [6.07, 6.45) is 2.99. The fraction of sp³-hybridized carbons (Fsp3) is 0.769. The van der Waals surface area contributed by atoms with Crippen molar-refractivity contribution < 1.29 is 9.32 Å². The van der Waals surface area contributed by atoms with E-state index in [1.54, 1.807) is 0 Å². The summed E-state index contributed by atoms with van der Waals surface area (Å²) >= 11 is 0. The van der Waals surface area contributed by atoms with Crippen LogP contribution in [0.1, 0.15) is 62.6 Å². The topological polar surface area (TPSA) is 80.0 Å². The van der Waals surface area contributed by atoms with Crippen LogP contribution in [0.2, 0.25) is 0 Å². The molecule has 0 aromatic carbocycles. The highest BCUT2D eigenvalue weighted by Gasteiger charge is 2.24. The van der Waals surface area contributed by atoms with Gasteiger partial charge in [0.2, 0.25) is 5.89 Å². The number of carbonyl (C=O) groups is 1. The molecule has 19 heavy (non-hydrogen) atoms. The van der Waals surface area contributed by atoms with Crippen molar-refractivity contribution in [3.63, 3.8) is 0 Å². The molecule has 0 aliphatic carbocycles. The van der Waals surface area contributed by atoms with Crippen molar-refractivity contribution in [1.29, 1.82) is 0 Å². The Hall–Kier alpha value is -1.43. The summed E-state index contributed by atoms with van der Waals surface area (Å²) in [7, 11) is 0. The molecule has 1 atom stereocenters. The van der Waals surface area contributed by atoms with Crippen molar-refractivity contribution in [3.8, 4) is 0 Å². The summed E-state index contributed by atoms with van der Waals surface area (Å²) < 4.78 is 5.13. The second-order valence-corrected chi connectivity index (χ2v) is 6.17. The van der Waals surface area contributed by atoms with Gasteiger partial charge in [0.15, 0.2) is 0 Å². The van der Waals surface area contributed by atoms with Crippen LogP contribution in [0, 0.1) is 5.41 Å². The van der Waals surface area contributed by atoms with Gasteiger partial charge < -0.3 is 15.2 Å². The average Bonchev–Trinajstić information content (AvgIpc) is 2.98. The molecule has 2 heterocycles. The fourth-order valence-electron chi connectivity index (χ4n) is 1.99. The molecule has 1 fully saturated rings. The zero-order valence-corrected chi connectivity index (χ0v) is 11.8. The van der Waals surface area contributed by atoms with Gasteiger partial charge in [0.05, 0.1) is 6.04 Å². The number of carbonyl (C=O) groups excluding carboxylic acids is 1. The van der Waals surface area contributed by atoms with Crippen molar-refractivity contribution in [2.75, 3.05) is 13.1 Å². The van der Waals surface area contributed by atoms with Crippen molar-refractivity contribution in [1.82, 2.24) is 20.8 Å². The largest absolute Gasteiger partial charge is 0.349 e. The molecule has 6 heteroatoms. The van der Waals surface area contributed by atoms with E-state index >= 15 is 0 Å². The molecule has 2 N–H and O–H groups in total. The molecule has 1 aromatic heterocycles. The van der Waals surface area contributed by atoms with Crippen molar-refractivity contribution in [3.05, 3.63) is 11.7 Å². The monoisotopic (exact) mass is 266 g/mol. The molecular formula is C13H22N4O2.